The quantitative estimate of drug-likeness (QED) is 0.819. The number of likely N-dealkylation sites (tertiary alicyclic amines) is 1. The van der Waals surface area contributed by atoms with Crippen molar-refractivity contribution >= 4 is 29.1 Å². The molecule has 0 aliphatic carbocycles. The zero-order valence-corrected chi connectivity index (χ0v) is 9.74. The van der Waals surface area contributed by atoms with Gasteiger partial charge in [0.2, 0.25) is 0 Å². The predicted octanol–water partition coefficient (Wildman–Crippen LogP) is 0.990. The lowest BCUT2D eigenvalue weighted by atomic mass is 10.3. The second-order valence-corrected chi connectivity index (χ2v) is 4.31. The smallest absolute Gasteiger partial charge is 0.257 e. The van der Waals surface area contributed by atoms with Crippen LogP contribution in [-0.2, 0) is 0 Å². The van der Waals surface area contributed by atoms with Gasteiger partial charge in [0.05, 0.1) is 11.7 Å². The van der Waals surface area contributed by atoms with Gasteiger partial charge < -0.3 is 10.0 Å². The summed E-state index contributed by atoms with van der Waals surface area (Å²) in [5, 5.41) is 16.6. The molecule has 1 N–H and O–H groups in total. The average Bonchev–Trinajstić information content (AvgIpc) is 2.67. The first kappa shape index (κ1) is 11.6. The van der Waals surface area contributed by atoms with Crippen molar-refractivity contribution in [2.45, 2.75) is 12.5 Å². The van der Waals surface area contributed by atoms with Gasteiger partial charge in [-0.05, 0) is 12.5 Å². The van der Waals surface area contributed by atoms with E-state index in [1.807, 2.05) is 0 Å². The van der Waals surface area contributed by atoms with E-state index in [1.54, 1.807) is 0 Å². The standard InChI is InChI=1S/C9H9Cl2N3O2/c10-7-3-6(8(11)13-12-7)9(16)14-2-1-5(15)4-14/h3,5,15H,1-2,4H2. The van der Waals surface area contributed by atoms with E-state index in [1.165, 1.54) is 11.0 Å². The molecule has 1 saturated heterocycles. The normalized spacial score (nSPS) is 20.2. The molecule has 0 bridgehead atoms. The van der Waals surface area contributed by atoms with E-state index in [9.17, 15) is 9.90 Å². The highest BCUT2D eigenvalue weighted by Crippen LogP contribution is 2.20. The number of hydrogen-bond acceptors (Lipinski definition) is 4. The molecule has 1 fully saturated rings. The van der Waals surface area contributed by atoms with E-state index in [0.717, 1.165) is 0 Å². The van der Waals surface area contributed by atoms with Crippen molar-refractivity contribution in [1.29, 1.82) is 0 Å². The van der Waals surface area contributed by atoms with Gasteiger partial charge in [-0.2, -0.15) is 0 Å². The Labute approximate surface area is 102 Å². The van der Waals surface area contributed by atoms with Crippen LogP contribution in [0.5, 0.6) is 0 Å². The highest BCUT2D eigenvalue weighted by Gasteiger charge is 2.27. The number of aromatic nitrogens is 2. The largest absolute Gasteiger partial charge is 0.391 e. The molecule has 1 aromatic rings. The van der Waals surface area contributed by atoms with Crippen molar-refractivity contribution in [1.82, 2.24) is 15.1 Å². The molecule has 0 aromatic carbocycles. The Hall–Kier alpha value is -0.910. The van der Waals surface area contributed by atoms with Gasteiger partial charge in [-0.3, -0.25) is 4.79 Å². The Bertz CT molecular complexity index is 427. The van der Waals surface area contributed by atoms with Gasteiger partial charge >= 0.3 is 0 Å². The lowest BCUT2D eigenvalue weighted by molar-refractivity contribution is 0.0764. The summed E-state index contributed by atoms with van der Waals surface area (Å²) >= 11 is 11.4. The van der Waals surface area contributed by atoms with Crippen molar-refractivity contribution in [3.8, 4) is 0 Å². The third-order valence-electron chi connectivity index (χ3n) is 2.40. The number of aliphatic hydroxyl groups excluding tert-OH is 1. The molecule has 1 aliphatic rings. The zero-order valence-electron chi connectivity index (χ0n) is 8.23. The number of rotatable bonds is 1. The molecule has 7 heteroatoms. The summed E-state index contributed by atoms with van der Waals surface area (Å²) in [5.74, 6) is -0.279. The van der Waals surface area contributed by atoms with Crippen LogP contribution in [0.25, 0.3) is 0 Å². The molecule has 1 atom stereocenters. The van der Waals surface area contributed by atoms with Crippen LogP contribution < -0.4 is 0 Å². The Kier molecular flexibility index (Phi) is 3.28. The van der Waals surface area contributed by atoms with Crippen molar-refractivity contribution in [2.24, 2.45) is 0 Å². The van der Waals surface area contributed by atoms with Crippen molar-refractivity contribution in [3.63, 3.8) is 0 Å². The molecular formula is C9H9Cl2N3O2. The van der Waals surface area contributed by atoms with E-state index in [-0.39, 0.29) is 21.8 Å². The maximum atomic E-state index is 12.0. The number of β-amino-alcohol motifs (C(OH)–C–C–N with tert-alkyl or cyclic N) is 1. The Morgan fingerprint density at radius 1 is 1.50 bits per heavy atom. The van der Waals surface area contributed by atoms with Crippen molar-refractivity contribution in [2.75, 3.05) is 13.1 Å². The number of amides is 1. The molecule has 16 heavy (non-hydrogen) atoms. The Balaban J connectivity index is 2.23. The van der Waals surface area contributed by atoms with Crippen molar-refractivity contribution < 1.29 is 9.90 Å². The third kappa shape index (κ3) is 2.26. The molecule has 2 heterocycles. The number of carbonyl (C=O) groups is 1. The first-order chi connectivity index (χ1) is 7.58. The number of halogens is 2. The van der Waals surface area contributed by atoms with Crippen LogP contribution in [0.4, 0.5) is 0 Å². The summed E-state index contributed by atoms with van der Waals surface area (Å²) in [6.07, 6.45) is 0.114. The van der Waals surface area contributed by atoms with E-state index in [2.05, 4.69) is 10.2 Å². The molecule has 1 amide bonds. The minimum absolute atomic E-state index is 0.0239. The number of hydrogen-bond donors (Lipinski definition) is 1. The van der Waals surface area contributed by atoms with E-state index in [0.29, 0.717) is 19.5 Å². The Morgan fingerprint density at radius 2 is 2.25 bits per heavy atom. The predicted molar refractivity (Wildman–Crippen MR) is 58.6 cm³/mol. The fourth-order valence-electron chi connectivity index (χ4n) is 1.60. The third-order valence-corrected chi connectivity index (χ3v) is 2.86. The molecular weight excluding hydrogens is 253 g/mol. The summed E-state index contributed by atoms with van der Waals surface area (Å²) < 4.78 is 0. The maximum Gasteiger partial charge on any atom is 0.257 e. The van der Waals surface area contributed by atoms with Crippen LogP contribution in [0.2, 0.25) is 10.3 Å². The van der Waals surface area contributed by atoms with E-state index < -0.39 is 6.10 Å². The first-order valence-electron chi connectivity index (χ1n) is 4.74. The minimum Gasteiger partial charge on any atom is -0.391 e. The van der Waals surface area contributed by atoms with Gasteiger partial charge in [0.1, 0.15) is 0 Å². The Morgan fingerprint density at radius 3 is 2.88 bits per heavy atom. The van der Waals surface area contributed by atoms with Crippen LogP contribution in [0.15, 0.2) is 6.07 Å². The molecule has 0 radical (unpaired) electrons. The van der Waals surface area contributed by atoms with Crippen LogP contribution >= 0.6 is 23.2 Å². The monoisotopic (exact) mass is 261 g/mol. The van der Waals surface area contributed by atoms with Crippen LogP contribution in [0, 0.1) is 0 Å². The van der Waals surface area contributed by atoms with E-state index in [4.69, 9.17) is 23.2 Å². The fourth-order valence-corrected chi connectivity index (χ4v) is 1.92. The molecule has 1 unspecified atom stereocenters. The van der Waals surface area contributed by atoms with E-state index >= 15 is 0 Å². The highest BCUT2D eigenvalue weighted by molar-refractivity contribution is 6.34. The molecule has 0 spiro atoms. The summed E-state index contributed by atoms with van der Waals surface area (Å²) in [6, 6.07) is 1.38. The van der Waals surface area contributed by atoms with Crippen LogP contribution in [-0.4, -0.2) is 45.3 Å². The number of carbonyl (C=O) groups excluding carboxylic acids is 1. The second kappa shape index (κ2) is 4.53. The molecule has 86 valence electrons. The summed E-state index contributed by atoms with van der Waals surface area (Å²) in [6.45, 7) is 0.825. The lowest BCUT2D eigenvalue weighted by Crippen LogP contribution is -2.30. The first-order valence-corrected chi connectivity index (χ1v) is 5.49. The minimum atomic E-state index is -0.465. The number of aliphatic hydroxyl groups is 1. The van der Waals surface area contributed by atoms with Crippen LogP contribution in [0.3, 0.4) is 0 Å². The molecule has 2 rings (SSSR count). The molecule has 1 aromatic heterocycles. The van der Waals surface area contributed by atoms with Gasteiger partial charge in [-0.1, -0.05) is 23.2 Å². The molecule has 0 saturated carbocycles. The topological polar surface area (TPSA) is 66.3 Å². The van der Waals surface area contributed by atoms with Gasteiger partial charge in [-0.25, -0.2) is 0 Å². The molecule has 1 aliphatic heterocycles. The molecule has 5 nitrogen and oxygen atoms in total. The second-order valence-electron chi connectivity index (χ2n) is 3.57. The van der Waals surface area contributed by atoms with Gasteiger partial charge in [0.25, 0.3) is 5.91 Å². The average molecular weight is 262 g/mol. The van der Waals surface area contributed by atoms with Gasteiger partial charge in [-0.15, -0.1) is 10.2 Å². The summed E-state index contributed by atoms with van der Waals surface area (Å²) in [5.41, 5.74) is 0.218. The van der Waals surface area contributed by atoms with Crippen LogP contribution in [0.1, 0.15) is 16.8 Å². The van der Waals surface area contributed by atoms with Gasteiger partial charge in [0.15, 0.2) is 10.3 Å². The SMILES string of the molecule is O=C(c1cc(Cl)nnc1Cl)N1CCC(O)C1. The summed E-state index contributed by atoms with van der Waals surface area (Å²) in [4.78, 5) is 13.5. The maximum absolute atomic E-state index is 12.0. The van der Waals surface area contributed by atoms with Gasteiger partial charge in [0, 0.05) is 13.1 Å². The zero-order chi connectivity index (χ0) is 11.7. The summed E-state index contributed by atoms with van der Waals surface area (Å²) in [7, 11) is 0. The van der Waals surface area contributed by atoms with Crippen molar-refractivity contribution in [3.05, 3.63) is 21.9 Å². The number of nitrogens with zero attached hydrogens (tertiary/aromatic N) is 3. The lowest BCUT2D eigenvalue weighted by Gasteiger charge is -2.15. The fraction of sp³-hybridized carbons (Fsp3) is 0.444. The highest BCUT2D eigenvalue weighted by atomic mass is 35.5.